The zero-order valence-electron chi connectivity index (χ0n) is 19.9. The minimum absolute atomic E-state index is 0.616. The molecule has 34 heavy (non-hydrogen) atoms. The van der Waals surface area contributed by atoms with Crippen LogP contribution in [-0.2, 0) is 9.53 Å². The van der Waals surface area contributed by atoms with E-state index in [1.807, 2.05) is 83.3 Å². The molecule has 5 nitrogen and oxygen atoms in total. The summed E-state index contributed by atoms with van der Waals surface area (Å²) in [4.78, 5) is 20.9. The number of aliphatic carboxylic acids is 1. The fourth-order valence-corrected chi connectivity index (χ4v) is 4.38. The van der Waals surface area contributed by atoms with Gasteiger partial charge in [0.15, 0.2) is 6.10 Å². The summed E-state index contributed by atoms with van der Waals surface area (Å²) in [6.45, 7) is 9.46. The summed E-state index contributed by atoms with van der Waals surface area (Å²) in [6.07, 6.45) is 2.22. The number of carbonyl (C=O) groups is 1. The lowest BCUT2D eigenvalue weighted by Crippen LogP contribution is -2.28. The first-order valence-electron chi connectivity index (χ1n) is 11.1. The van der Waals surface area contributed by atoms with E-state index in [0.717, 1.165) is 44.3 Å². The van der Waals surface area contributed by atoms with Crippen molar-refractivity contribution in [3.63, 3.8) is 0 Å². The predicted octanol–water partition coefficient (Wildman–Crippen LogP) is 7.17. The van der Waals surface area contributed by atoms with Crippen LogP contribution in [0.4, 0.5) is 0 Å². The van der Waals surface area contributed by atoms with Crippen molar-refractivity contribution in [2.75, 3.05) is 0 Å². The predicted molar refractivity (Wildman–Crippen MR) is 136 cm³/mol. The number of carboxylic acids is 1. The fraction of sp³-hybridized carbons (Fsp3) is 0.250. The first-order chi connectivity index (χ1) is 16.0. The van der Waals surface area contributed by atoms with Gasteiger partial charge in [-0.25, -0.2) is 14.8 Å². The third kappa shape index (κ3) is 4.81. The van der Waals surface area contributed by atoms with Gasteiger partial charge in [-0.1, -0.05) is 41.9 Å². The number of hydrogen-bond acceptors (Lipinski definition) is 4. The summed E-state index contributed by atoms with van der Waals surface area (Å²) in [7, 11) is 0. The molecule has 0 saturated carbocycles. The Bertz CT molecular complexity index is 1380. The van der Waals surface area contributed by atoms with Crippen LogP contribution in [-0.4, -0.2) is 26.6 Å². The SMILES string of the molecule is Cc1cc2cc(-c3cncnc3C)ccc2c(-c2ccc(Cl)cc2)c1[C@H](OC(C)(C)C)C(=O)O. The van der Waals surface area contributed by atoms with Crippen LogP contribution in [0.15, 0.2) is 61.1 Å². The van der Waals surface area contributed by atoms with Gasteiger partial charge in [0, 0.05) is 28.0 Å². The topological polar surface area (TPSA) is 72.3 Å². The summed E-state index contributed by atoms with van der Waals surface area (Å²) in [5.74, 6) is -1.03. The lowest BCUT2D eigenvalue weighted by atomic mass is 9.86. The van der Waals surface area contributed by atoms with Gasteiger partial charge >= 0.3 is 5.97 Å². The minimum atomic E-state index is -1.13. The van der Waals surface area contributed by atoms with Crippen LogP contribution in [0.2, 0.25) is 5.02 Å². The van der Waals surface area contributed by atoms with Gasteiger partial charge in [0.1, 0.15) is 6.33 Å². The van der Waals surface area contributed by atoms with Crippen LogP contribution in [0, 0.1) is 13.8 Å². The fourth-order valence-electron chi connectivity index (χ4n) is 4.26. The highest BCUT2D eigenvalue weighted by atomic mass is 35.5. The Morgan fingerprint density at radius 3 is 2.32 bits per heavy atom. The molecule has 0 aliphatic heterocycles. The summed E-state index contributed by atoms with van der Waals surface area (Å²) in [5.41, 5.74) is 5.40. The molecule has 0 spiro atoms. The Morgan fingerprint density at radius 2 is 1.71 bits per heavy atom. The monoisotopic (exact) mass is 474 g/mol. The highest BCUT2D eigenvalue weighted by molar-refractivity contribution is 6.30. The molecule has 0 saturated heterocycles. The van der Waals surface area contributed by atoms with Crippen molar-refractivity contribution < 1.29 is 14.6 Å². The molecule has 1 N–H and O–H groups in total. The van der Waals surface area contributed by atoms with Crippen molar-refractivity contribution in [3.8, 4) is 22.3 Å². The molecular formula is C28H27ClN2O3. The molecular weight excluding hydrogens is 448 g/mol. The number of nitrogens with zero attached hydrogens (tertiary/aromatic N) is 2. The molecule has 0 fully saturated rings. The maximum Gasteiger partial charge on any atom is 0.337 e. The number of fused-ring (bicyclic) bond motifs is 1. The van der Waals surface area contributed by atoms with E-state index >= 15 is 0 Å². The molecule has 0 amide bonds. The molecule has 1 atom stereocenters. The third-order valence-electron chi connectivity index (χ3n) is 5.70. The highest BCUT2D eigenvalue weighted by Gasteiger charge is 2.31. The Hall–Kier alpha value is -3.28. The van der Waals surface area contributed by atoms with E-state index in [1.165, 1.54) is 6.33 Å². The van der Waals surface area contributed by atoms with E-state index in [9.17, 15) is 9.90 Å². The van der Waals surface area contributed by atoms with Crippen molar-refractivity contribution in [2.45, 2.75) is 46.3 Å². The number of ether oxygens (including phenoxy) is 1. The number of halogens is 1. The summed E-state index contributed by atoms with van der Waals surface area (Å²) in [5, 5.41) is 12.7. The van der Waals surface area contributed by atoms with Crippen LogP contribution in [0.25, 0.3) is 33.0 Å². The van der Waals surface area contributed by atoms with Gasteiger partial charge in [-0.05, 0) is 85.8 Å². The minimum Gasteiger partial charge on any atom is -0.479 e. The lowest BCUT2D eigenvalue weighted by Gasteiger charge is -2.28. The second-order valence-corrected chi connectivity index (χ2v) is 9.83. The molecule has 0 unspecified atom stereocenters. The van der Waals surface area contributed by atoms with E-state index in [2.05, 4.69) is 16.0 Å². The van der Waals surface area contributed by atoms with E-state index in [4.69, 9.17) is 16.3 Å². The van der Waals surface area contributed by atoms with Crippen LogP contribution in [0.3, 0.4) is 0 Å². The average Bonchev–Trinajstić information content (AvgIpc) is 2.77. The normalized spacial score (nSPS) is 12.6. The number of rotatable bonds is 5. The number of carboxylic acid groups (broad SMARTS) is 1. The van der Waals surface area contributed by atoms with E-state index in [0.29, 0.717) is 10.6 Å². The highest BCUT2D eigenvalue weighted by Crippen LogP contribution is 2.41. The molecule has 4 aromatic rings. The number of hydrogen-bond donors (Lipinski definition) is 1. The smallest absolute Gasteiger partial charge is 0.337 e. The average molecular weight is 475 g/mol. The van der Waals surface area contributed by atoms with Crippen LogP contribution in [0.5, 0.6) is 0 Å². The molecule has 1 aromatic heterocycles. The van der Waals surface area contributed by atoms with Gasteiger partial charge in [-0.2, -0.15) is 0 Å². The largest absolute Gasteiger partial charge is 0.479 e. The molecule has 0 radical (unpaired) electrons. The van der Waals surface area contributed by atoms with Crippen LogP contribution in [0.1, 0.15) is 43.7 Å². The summed E-state index contributed by atoms with van der Waals surface area (Å²) < 4.78 is 6.07. The first kappa shape index (κ1) is 23.9. The Morgan fingerprint density at radius 1 is 1.03 bits per heavy atom. The van der Waals surface area contributed by atoms with E-state index in [-0.39, 0.29) is 0 Å². The second kappa shape index (κ2) is 9.16. The molecule has 4 rings (SSSR count). The molecule has 0 bridgehead atoms. The molecule has 6 heteroatoms. The van der Waals surface area contributed by atoms with E-state index < -0.39 is 17.7 Å². The van der Waals surface area contributed by atoms with Crippen molar-refractivity contribution >= 4 is 28.3 Å². The Balaban J connectivity index is 2.03. The van der Waals surface area contributed by atoms with Gasteiger partial charge < -0.3 is 9.84 Å². The number of benzene rings is 3. The molecule has 174 valence electrons. The van der Waals surface area contributed by atoms with Gasteiger partial charge in [-0.15, -0.1) is 0 Å². The van der Waals surface area contributed by atoms with E-state index in [1.54, 1.807) is 0 Å². The lowest BCUT2D eigenvalue weighted by molar-refractivity contribution is -0.160. The maximum atomic E-state index is 12.4. The zero-order chi connectivity index (χ0) is 24.6. The molecule has 0 aliphatic rings. The van der Waals surface area contributed by atoms with Crippen molar-refractivity contribution in [1.29, 1.82) is 0 Å². The Kier molecular flexibility index (Phi) is 6.43. The number of aryl methyl sites for hydroxylation is 2. The van der Waals surface area contributed by atoms with Crippen LogP contribution >= 0.6 is 11.6 Å². The summed E-state index contributed by atoms with van der Waals surface area (Å²) in [6, 6.07) is 15.6. The first-order valence-corrected chi connectivity index (χ1v) is 11.4. The van der Waals surface area contributed by atoms with Gasteiger partial charge in [-0.3, -0.25) is 0 Å². The third-order valence-corrected chi connectivity index (χ3v) is 5.95. The summed E-state index contributed by atoms with van der Waals surface area (Å²) >= 11 is 6.16. The van der Waals surface area contributed by atoms with Crippen LogP contribution < -0.4 is 0 Å². The maximum absolute atomic E-state index is 12.4. The van der Waals surface area contributed by atoms with Crippen molar-refractivity contribution in [1.82, 2.24) is 9.97 Å². The van der Waals surface area contributed by atoms with Gasteiger partial charge in [0.05, 0.1) is 5.60 Å². The second-order valence-electron chi connectivity index (χ2n) is 9.40. The van der Waals surface area contributed by atoms with Gasteiger partial charge in [0.25, 0.3) is 0 Å². The van der Waals surface area contributed by atoms with Crippen molar-refractivity contribution in [2.24, 2.45) is 0 Å². The van der Waals surface area contributed by atoms with Crippen molar-refractivity contribution in [3.05, 3.63) is 82.9 Å². The molecule has 1 heterocycles. The van der Waals surface area contributed by atoms with Gasteiger partial charge in [0.2, 0.25) is 0 Å². The standard InChI is InChI=1S/C28H27ClN2O3/c1-16-12-20-13-19(23-14-30-15-31-17(23)2)8-11-22(20)25(18-6-9-21(29)10-7-18)24(16)26(27(32)33)34-28(3,4)5/h6-15,26H,1-5H3,(H,32,33)/t26-/m0/s1. The Labute approximate surface area is 204 Å². The number of aromatic nitrogens is 2. The zero-order valence-corrected chi connectivity index (χ0v) is 20.6. The molecule has 0 aliphatic carbocycles. The quantitative estimate of drug-likeness (QED) is 0.331. The molecule has 3 aromatic carbocycles.